The van der Waals surface area contributed by atoms with Gasteiger partial charge in [-0.25, -0.2) is 0 Å². The first kappa shape index (κ1) is 17.0. The van der Waals surface area contributed by atoms with Gasteiger partial charge in [-0.05, 0) is 30.7 Å². The summed E-state index contributed by atoms with van der Waals surface area (Å²) < 4.78 is 5.55. The van der Waals surface area contributed by atoms with Gasteiger partial charge in [0.05, 0.1) is 30.9 Å². The zero-order chi connectivity index (χ0) is 17.1. The maximum Gasteiger partial charge on any atom is 0.255 e. The Bertz CT molecular complexity index is 674. The Hall–Kier alpha value is -1.81. The molecule has 1 fully saturated rings. The molecule has 24 heavy (non-hydrogen) atoms. The van der Waals surface area contributed by atoms with Crippen LogP contribution in [0.15, 0.2) is 12.1 Å². The molecule has 0 aliphatic carbocycles. The molecule has 1 amide bonds. The van der Waals surface area contributed by atoms with Gasteiger partial charge in [0.1, 0.15) is 5.75 Å². The molecule has 0 radical (unpaired) electrons. The number of rotatable bonds is 4. The van der Waals surface area contributed by atoms with Gasteiger partial charge in [0, 0.05) is 30.5 Å². The lowest BCUT2D eigenvalue weighted by Crippen LogP contribution is -2.47. The van der Waals surface area contributed by atoms with Gasteiger partial charge in [0.15, 0.2) is 0 Å². The smallest absolute Gasteiger partial charge is 0.255 e. The van der Waals surface area contributed by atoms with E-state index in [0.717, 1.165) is 24.9 Å². The first-order valence-corrected chi connectivity index (χ1v) is 8.47. The number of halogens is 1. The Morgan fingerprint density at radius 3 is 3.12 bits per heavy atom. The van der Waals surface area contributed by atoms with Gasteiger partial charge in [0.2, 0.25) is 0 Å². The summed E-state index contributed by atoms with van der Waals surface area (Å²) in [5, 5.41) is 22.3. The first-order valence-electron chi connectivity index (χ1n) is 8.09. The lowest BCUT2D eigenvalue weighted by atomic mass is 9.93. The number of carbonyl (C=O) groups excluding carboxylic acids is 1. The van der Waals surface area contributed by atoms with Crippen LogP contribution in [0.4, 0.5) is 0 Å². The number of piperidine rings is 1. The van der Waals surface area contributed by atoms with Crippen LogP contribution >= 0.6 is 11.6 Å². The van der Waals surface area contributed by atoms with Crippen molar-refractivity contribution in [2.24, 2.45) is 5.92 Å². The number of hydrogen-bond donors (Lipinski definition) is 2. The molecule has 1 aromatic carbocycles. The first-order chi connectivity index (χ1) is 11.6. The Morgan fingerprint density at radius 1 is 1.54 bits per heavy atom. The minimum atomic E-state index is -0.547. The topological polar surface area (TPSA) is 85.6 Å². The van der Waals surface area contributed by atoms with Crippen LogP contribution in [0.3, 0.4) is 0 Å². The summed E-state index contributed by atoms with van der Waals surface area (Å²) in [7, 11) is 0. The molecular formula is C17H20ClN3O3. The maximum atomic E-state index is 12.5. The van der Waals surface area contributed by atoms with Gasteiger partial charge in [-0.2, -0.15) is 5.26 Å². The van der Waals surface area contributed by atoms with E-state index in [-0.39, 0.29) is 11.8 Å². The van der Waals surface area contributed by atoms with Gasteiger partial charge < -0.3 is 15.2 Å². The average Bonchev–Trinajstić information content (AvgIpc) is 3.01. The fraction of sp³-hybridized carbons (Fsp3) is 0.529. The van der Waals surface area contributed by atoms with Crippen molar-refractivity contribution in [3.8, 4) is 11.8 Å². The molecule has 0 saturated carbocycles. The number of amides is 1. The third-order valence-corrected chi connectivity index (χ3v) is 4.84. The van der Waals surface area contributed by atoms with E-state index in [9.17, 15) is 9.90 Å². The number of fused-ring (bicyclic) bond motifs is 1. The van der Waals surface area contributed by atoms with Crippen molar-refractivity contribution in [1.29, 1.82) is 5.26 Å². The number of aliphatic hydroxyl groups is 1. The van der Waals surface area contributed by atoms with Crippen molar-refractivity contribution in [2.45, 2.75) is 18.9 Å². The quantitative estimate of drug-likeness (QED) is 0.798. The molecule has 2 heterocycles. The van der Waals surface area contributed by atoms with Crippen LogP contribution in [0.5, 0.6) is 5.75 Å². The maximum absolute atomic E-state index is 12.5. The number of benzene rings is 1. The van der Waals surface area contributed by atoms with E-state index in [1.54, 1.807) is 6.07 Å². The summed E-state index contributed by atoms with van der Waals surface area (Å²) in [5.41, 5.74) is 1.41. The van der Waals surface area contributed by atoms with Gasteiger partial charge in [-0.15, -0.1) is 0 Å². The predicted molar refractivity (Wildman–Crippen MR) is 89.2 cm³/mol. The van der Waals surface area contributed by atoms with Crippen LogP contribution in [0.2, 0.25) is 5.02 Å². The number of β-amino-alcohol motifs (C(OH)–C–C–N with tert-alkyl or cyclic N) is 1. The van der Waals surface area contributed by atoms with Crippen LogP contribution in [0.25, 0.3) is 0 Å². The van der Waals surface area contributed by atoms with E-state index >= 15 is 0 Å². The minimum absolute atomic E-state index is 0.0166. The summed E-state index contributed by atoms with van der Waals surface area (Å²) in [6.45, 7) is 2.49. The highest BCUT2D eigenvalue weighted by Gasteiger charge is 2.28. The van der Waals surface area contributed by atoms with E-state index < -0.39 is 6.10 Å². The summed E-state index contributed by atoms with van der Waals surface area (Å²) in [4.78, 5) is 14.4. The van der Waals surface area contributed by atoms with E-state index in [1.165, 1.54) is 0 Å². The number of carbonyl (C=O) groups is 1. The van der Waals surface area contributed by atoms with Gasteiger partial charge in [0.25, 0.3) is 5.91 Å². The number of likely N-dealkylation sites (tertiary alicyclic amines) is 1. The van der Waals surface area contributed by atoms with Crippen molar-refractivity contribution in [1.82, 2.24) is 10.2 Å². The summed E-state index contributed by atoms with van der Waals surface area (Å²) in [6, 6.07) is 5.54. The predicted octanol–water partition coefficient (Wildman–Crippen LogP) is 1.21. The van der Waals surface area contributed by atoms with Gasteiger partial charge in [-0.1, -0.05) is 11.6 Å². The highest BCUT2D eigenvalue weighted by atomic mass is 35.5. The van der Waals surface area contributed by atoms with Gasteiger partial charge >= 0.3 is 0 Å². The number of ether oxygens (including phenoxy) is 1. The molecule has 0 aromatic heterocycles. The summed E-state index contributed by atoms with van der Waals surface area (Å²) in [5.74, 6) is 0.362. The van der Waals surface area contributed by atoms with Crippen molar-refractivity contribution in [2.75, 3.05) is 32.8 Å². The SMILES string of the molecule is N#CCN1CCC(CNC(=O)c2cc(Cl)cc3c2OCC3)C(O)C1. The normalized spacial score (nSPS) is 23.2. The molecule has 7 heteroatoms. The molecule has 2 unspecified atom stereocenters. The number of nitrogens with zero attached hydrogens (tertiary/aromatic N) is 2. The van der Waals surface area contributed by atoms with E-state index in [1.807, 2.05) is 11.0 Å². The van der Waals surface area contributed by atoms with Crippen LogP contribution in [-0.4, -0.2) is 54.8 Å². The lowest BCUT2D eigenvalue weighted by Gasteiger charge is -2.34. The largest absolute Gasteiger partial charge is 0.492 e. The highest BCUT2D eigenvalue weighted by molar-refractivity contribution is 6.31. The molecule has 128 valence electrons. The number of nitriles is 1. The number of nitrogens with one attached hydrogen (secondary N) is 1. The molecule has 2 aliphatic rings. The summed E-state index contributed by atoms with van der Waals surface area (Å²) >= 11 is 6.08. The summed E-state index contributed by atoms with van der Waals surface area (Å²) in [6.07, 6.45) is 0.952. The fourth-order valence-electron chi connectivity index (χ4n) is 3.28. The molecule has 2 atom stereocenters. The van der Waals surface area contributed by atoms with Gasteiger partial charge in [-0.3, -0.25) is 9.69 Å². The third kappa shape index (κ3) is 3.64. The second-order valence-corrected chi connectivity index (χ2v) is 6.70. The van der Waals surface area contributed by atoms with Crippen LogP contribution < -0.4 is 10.1 Å². The monoisotopic (exact) mass is 349 g/mol. The minimum Gasteiger partial charge on any atom is -0.492 e. The standard InChI is InChI=1S/C17H20ClN3O3/c18-13-7-11-2-6-24-16(11)14(8-13)17(23)20-9-12-1-4-21(5-3-19)10-15(12)22/h7-8,12,15,22H,1-2,4-6,9-10H2,(H,20,23). The van der Waals surface area contributed by atoms with E-state index in [0.29, 0.717) is 42.6 Å². The molecule has 1 aromatic rings. The molecule has 3 rings (SSSR count). The Morgan fingerprint density at radius 2 is 2.38 bits per heavy atom. The van der Waals surface area contributed by atoms with Crippen molar-refractivity contribution in [3.63, 3.8) is 0 Å². The second-order valence-electron chi connectivity index (χ2n) is 6.26. The molecule has 0 spiro atoms. The molecule has 2 aliphatic heterocycles. The van der Waals surface area contributed by atoms with Crippen LogP contribution in [0.1, 0.15) is 22.3 Å². The van der Waals surface area contributed by atoms with E-state index in [4.69, 9.17) is 21.6 Å². The number of hydrogen-bond acceptors (Lipinski definition) is 5. The molecule has 2 N–H and O–H groups in total. The lowest BCUT2D eigenvalue weighted by molar-refractivity contribution is 0.0273. The zero-order valence-corrected chi connectivity index (χ0v) is 14.1. The van der Waals surface area contributed by atoms with E-state index in [2.05, 4.69) is 11.4 Å². The molecule has 1 saturated heterocycles. The molecule has 0 bridgehead atoms. The molecule has 6 nitrogen and oxygen atoms in total. The Balaban J connectivity index is 1.60. The molecular weight excluding hydrogens is 330 g/mol. The van der Waals surface area contributed by atoms with Crippen molar-refractivity contribution < 1.29 is 14.6 Å². The highest BCUT2D eigenvalue weighted by Crippen LogP contribution is 2.32. The third-order valence-electron chi connectivity index (χ3n) is 4.62. The average molecular weight is 350 g/mol. The zero-order valence-electron chi connectivity index (χ0n) is 13.3. The Kier molecular flexibility index (Phi) is 5.24. The van der Waals surface area contributed by atoms with Crippen molar-refractivity contribution >= 4 is 17.5 Å². The second kappa shape index (κ2) is 7.39. The fourth-order valence-corrected chi connectivity index (χ4v) is 3.53. The van der Waals surface area contributed by atoms with Crippen molar-refractivity contribution in [3.05, 3.63) is 28.3 Å². The van der Waals surface area contributed by atoms with Crippen LogP contribution in [0, 0.1) is 17.2 Å². The van der Waals surface area contributed by atoms with Crippen LogP contribution in [-0.2, 0) is 6.42 Å². The number of aliphatic hydroxyl groups excluding tert-OH is 1. The Labute approximate surface area is 146 Å².